The van der Waals surface area contributed by atoms with Crippen LogP contribution >= 0.6 is 0 Å². The molecule has 0 atom stereocenters. The summed E-state index contributed by atoms with van der Waals surface area (Å²) in [6, 6.07) is 38.4. The summed E-state index contributed by atoms with van der Waals surface area (Å²) in [7, 11) is 0. The third-order valence-electron chi connectivity index (χ3n) is 7.18. The van der Waals surface area contributed by atoms with E-state index in [2.05, 4.69) is 30.3 Å². The molecule has 0 unspecified atom stereocenters. The van der Waals surface area contributed by atoms with Gasteiger partial charge in [0.25, 0.3) is 0 Å². The summed E-state index contributed by atoms with van der Waals surface area (Å²) >= 11 is 0. The quantitative estimate of drug-likeness (QED) is 0.250. The van der Waals surface area contributed by atoms with Crippen molar-refractivity contribution in [3.8, 4) is 45.3 Å². The van der Waals surface area contributed by atoms with Crippen LogP contribution in [-0.2, 0) is 0 Å². The predicted octanol–water partition coefficient (Wildman–Crippen LogP) is 8.11. The Morgan fingerprint density at radius 1 is 0.475 bits per heavy atom. The van der Waals surface area contributed by atoms with Gasteiger partial charge in [0.1, 0.15) is 0 Å². The molecular weight excluding hydrogens is 490 g/mol. The maximum Gasteiger partial charge on any atom is 0.164 e. The van der Waals surface area contributed by atoms with Gasteiger partial charge in [-0.2, -0.15) is 0 Å². The summed E-state index contributed by atoms with van der Waals surface area (Å²) in [6.07, 6.45) is 3.60. The lowest BCUT2D eigenvalue weighted by Gasteiger charge is -2.17. The molecule has 5 heteroatoms. The molecule has 0 spiro atoms. The maximum absolute atomic E-state index is 8.62. The summed E-state index contributed by atoms with van der Waals surface area (Å²) in [5.41, 5.74) is 6.93. The molecule has 1 aliphatic carbocycles. The average Bonchev–Trinajstić information content (AvgIpc) is 3.03. The molecule has 188 valence electrons. The van der Waals surface area contributed by atoms with E-state index in [1.807, 2.05) is 91.0 Å². The summed E-state index contributed by atoms with van der Waals surface area (Å²) < 4.78 is 0. The van der Waals surface area contributed by atoms with Crippen molar-refractivity contribution in [2.45, 2.75) is 0 Å². The van der Waals surface area contributed by atoms with E-state index in [1.54, 1.807) is 6.08 Å². The van der Waals surface area contributed by atoms with Gasteiger partial charge in [-0.15, -0.1) is 0 Å². The zero-order valence-corrected chi connectivity index (χ0v) is 21.5. The number of nitrogens with one attached hydrogen (secondary N) is 2. The van der Waals surface area contributed by atoms with E-state index in [0.29, 0.717) is 17.5 Å². The highest BCUT2D eigenvalue weighted by Crippen LogP contribution is 2.36. The Hall–Kier alpha value is -5.55. The summed E-state index contributed by atoms with van der Waals surface area (Å²) in [6.45, 7) is 0. The topological polar surface area (TPSA) is 86.4 Å². The molecule has 5 nitrogen and oxygen atoms in total. The third-order valence-corrected chi connectivity index (χ3v) is 7.18. The highest BCUT2D eigenvalue weighted by molar-refractivity contribution is 6.53. The van der Waals surface area contributed by atoms with Crippen LogP contribution in [-0.4, -0.2) is 26.4 Å². The number of aromatic nitrogens is 3. The molecule has 1 heterocycles. The number of rotatable bonds is 4. The lowest BCUT2D eigenvalue weighted by molar-refractivity contribution is 1.07. The molecule has 1 aromatic heterocycles. The van der Waals surface area contributed by atoms with Gasteiger partial charge in [0, 0.05) is 22.3 Å². The van der Waals surface area contributed by atoms with Crippen molar-refractivity contribution in [3.63, 3.8) is 0 Å². The normalized spacial score (nSPS) is 12.5. The smallest absolute Gasteiger partial charge is 0.164 e. The number of hydrogen-bond donors (Lipinski definition) is 2. The van der Waals surface area contributed by atoms with Gasteiger partial charge in [0.2, 0.25) is 0 Å². The fourth-order valence-corrected chi connectivity index (χ4v) is 5.17. The molecule has 1 aliphatic rings. The second-order valence-electron chi connectivity index (χ2n) is 9.67. The van der Waals surface area contributed by atoms with Crippen LogP contribution in [0.15, 0.2) is 121 Å². The van der Waals surface area contributed by atoms with Crippen molar-refractivity contribution < 1.29 is 0 Å². The first-order chi connectivity index (χ1) is 19.7. The highest BCUT2D eigenvalue weighted by atomic mass is 15.0. The Labute approximate surface area is 231 Å². The molecule has 6 aromatic rings. The van der Waals surface area contributed by atoms with Gasteiger partial charge in [-0.3, -0.25) is 10.8 Å². The van der Waals surface area contributed by atoms with Gasteiger partial charge < -0.3 is 0 Å². The van der Waals surface area contributed by atoms with Crippen molar-refractivity contribution in [1.82, 2.24) is 15.0 Å². The van der Waals surface area contributed by atoms with Crippen LogP contribution in [0.2, 0.25) is 0 Å². The van der Waals surface area contributed by atoms with Gasteiger partial charge in [0.05, 0.1) is 11.4 Å². The van der Waals surface area contributed by atoms with Gasteiger partial charge in [0.15, 0.2) is 17.5 Å². The van der Waals surface area contributed by atoms with E-state index in [9.17, 15) is 0 Å². The van der Waals surface area contributed by atoms with Crippen molar-refractivity contribution in [2.75, 3.05) is 0 Å². The number of benzene rings is 5. The van der Waals surface area contributed by atoms with Crippen LogP contribution < -0.4 is 0 Å². The molecule has 0 aliphatic heterocycles. The minimum Gasteiger partial charge on any atom is -0.299 e. The van der Waals surface area contributed by atoms with Gasteiger partial charge in [-0.25, -0.2) is 15.0 Å². The lowest BCUT2D eigenvalue weighted by atomic mass is 9.87. The van der Waals surface area contributed by atoms with Crippen LogP contribution in [0.4, 0.5) is 0 Å². The van der Waals surface area contributed by atoms with Crippen LogP contribution in [0.1, 0.15) is 11.1 Å². The van der Waals surface area contributed by atoms with Crippen molar-refractivity contribution in [2.24, 2.45) is 0 Å². The number of allylic oxidation sites excluding steroid dienone is 1. The number of fused-ring (bicyclic) bond motifs is 3. The summed E-state index contributed by atoms with van der Waals surface area (Å²) in [4.78, 5) is 14.7. The first kappa shape index (κ1) is 23.6. The maximum atomic E-state index is 8.62. The van der Waals surface area contributed by atoms with E-state index >= 15 is 0 Å². The Kier molecular flexibility index (Phi) is 5.68. The fraction of sp³-hybridized carbons (Fsp3) is 0. The second-order valence-corrected chi connectivity index (χ2v) is 9.67. The number of nitrogens with zero attached hydrogens (tertiary/aromatic N) is 3. The standard InChI is InChI=1S/C35H23N5/c36-30-20-19-23-17-15-22-16-18-26(21-29(22)31(23)32(30)37)27-13-7-8-14-28(27)35-39-33(24-9-3-1-4-10-24)38-34(40-35)25-11-5-2-6-12-25/h1-21,36-37H. The molecule has 0 bridgehead atoms. The monoisotopic (exact) mass is 513 g/mol. The van der Waals surface area contributed by atoms with Gasteiger partial charge in [-0.05, 0) is 39.6 Å². The van der Waals surface area contributed by atoms with Crippen LogP contribution in [0.3, 0.4) is 0 Å². The zero-order chi connectivity index (χ0) is 27.1. The van der Waals surface area contributed by atoms with E-state index in [0.717, 1.165) is 49.7 Å². The summed E-state index contributed by atoms with van der Waals surface area (Å²) in [5, 5.41) is 18.8. The molecular formula is C35H23N5. The Morgan fingerprint density at radius 2 is 1.05 bits per heavy atom. The minimum atomic E-state index is 0.220. The predicted molar refractivity (Wildman–Crippen MR) is 163 cm³/mol. The van der Waals surface area contributed by atoms with Gasteiger partial charge in [-0.1, -0.05) is 115 Å². The first-order valence-electron chi connectivity index (χ1n) is 13.0. The molecule has 0 radical (unpaired) electrons. The largest absolute Gasteiger partial charge is 0.299 e. The molecule has 0 fully saturated rings. The number of hydrogen-bond acceptors (Lipinski definition) is 5. The zero-order valence-electron chi connectivity index (χ0n) is 21.5. The highest BCUT2D eigenvalue weighted by Gasteiger charge is 2.19. The van der Waals surface area contributed by atoms with E-state index in [1.165, 1.54) is 0 Å². The molecule has 0 amide bonds. The molecule has 7 rings (SSSR count). The van der Waals surface area contributed by atoms with Crippen LogP contribution in [0.5, 0.6) is 0 Å². The Balaban J connectivity index is 1.44. The Morgan fingerprint density at radius 3 is 1.73 bits per heavy atom. The fourth-order valence-electron chi connectivity index (χ4n) is 5.17. The molecule has 2 N–H and O–H groups in total. The van der Waals surface area contributed by atoms with E-state index < -0.39 is 0 Å². The Bertz CT molecular complexity index is 1920. The lowest BCUT2D eigenvalue weighted by Crippen LogP contribution is -2.16. The molecule has 0 saturated heterocycles. The molecule has 40 heavy (non-hydrogen) atoms. The molecule has 5 aromatic carbocycles. The van der Waals surface area contributed by atoms with Crippen molar-refractivity contribution in [3.05, 3.63) is 132 Å². The van der Waals surface area contributed by atoms with Crippen LogP contribution in [0, 0.1) is 10.8 Å². The van der Waals surface area contributed by atoms with E-state index in [4.69, 9.17) is 25.8 Å². The van der Waals surface area contributed by atoms with Crippen molar-refractivity contribution in [1.29, 1.82) is 10.8 Å². The SMILES string of the molecule is N=C1C=Cc2ccc3ccc(-c4ccccc4-c4nc(-c5ccccc5)nc(-c5ccccc5)n4)cc3c2C1=N. The first-order valence-corrected chi connectivity index (χ1v) is 13.0. The second kappa shape index (κ2) is 9.64. The van der Waals surface area contributed by atoms with Crippen LogP contribution in [0.25, 0.3) is 62.1 Å². The minimum absolute atomic E-state index is 0.220. The third kappa shape index (κ3) is 4.10. The summed E-state index contributed by atoms with van der Waals surface area (Å²) in [5.74, 6) is 1.83. The van der Waals surface area contributed by atoms with E-state index in [-0.39, 0.29) is 11.4 Å². The van der Waals surface area contributed by atoms with Crippen molar-refractivity contribution >= 4 is 28.3 Å². The van der Waals surface area contributed by atoms with Gasteiger partial charge >= 0.3 is 0 Å². The molecule has 0 saturated carbocycles. The average molecular weight is 514 g/mol.